The van der Waals surface area contributed by atoms with Gasteiger partial charge in [0.2, 0.25) is 9.05 Å². The Kier molecular flexibility index (Phi) is 11.5. The van der Waals surface area contributed by atoms with E-state index in [0.717, 1.165) is 12.8 Å². The molecule has 108 valence electrons. The fourth-order valence-corrected chi connectivity index (χ4v) is 3.32. The monoisotopic (exact) mass is 304 g/mol. The summed E-state index contributed by atoms with van der Waals surface area (Å²) in [5.41, 5.74) is -0.864. The fraction of sp³-hybridized carbons (Fsp3) is 0.833. The molecule has 0 N–H and O–H groups in total. The van der Waals surface area contributed by atoms with Gasteiger partial charge in [-0.05, 0) is 19.8 Å². The van der Waals surface area contributed by atoms with Crippen molar-refractivity contribution in [3.05, 3.63) is 6.92 Å². The standard InChI is InChI=1S/C8H13ClO4S.C4H9.Li/c1-2-13-7(10)8(4-3-5-8)6-14(9,11)12;1-3-4-2;/h2-6H2,1H3;1,3-4H2,2H3;/q;-1;+1. The van der Waals surface area contributed by atoms with Crippen LogP contribution in [0.3, 0.4) is 0 Å². The zero-order valence-electron chi connectivity index (χ0n) is 12.1. The molecule has 1 aliphatic rings. The molecule has 1 saturated carbocycles. The van der Waals surface area contributed by atoms with Crippen molar-refractivity contribution in [1.29, 1.82) is 0 Å². The van der Waals surface area contributed by atoms with Gasteiger partial charge in [-0.1, -0.05) is 19.8 Å². The zero-order valence-corrected chi connectivity index (χ0v) is 13.6. The maximum atomic E-state index is 11.5. The van der Waals surface area contributed by atoms with Crippen molar-refractivity contribution < 1.29 is 36.8 Å². The summed E-state index contributed by atoms with van der Waals surface area (Å²) in [5.74, 6) is -0.740. The van der Waals surface area contributed by atoms with Crippen molar-refractivity contribution in [2.24, 2.45) is 5.41 Å². The first-order valence-electron chi connectivity index (χ1n) is 6.20. The second-order valence-corrected chi connectivity index (χ2v) is 7.17. The Balaban J connectivity index is 0. The van der Waals surface area contributed by atoms with Crippen LogP contribution in [0.2, 0.25) is 0 Å². The van der Waals surface area contributed by atoms with E-state index in [1.165, 1.54) is 6.42 Å². The van der Waals surface area contributed by atoms with Gasteiger partial charge in [0.25, 0.3) is 0 Å². The van der Waals surface area contributed by atoms with Gasteiger partial charge in [-0.3, -0.25) is 4.79 Å². The number of halogens is 1. The van der Waals surface area contributed by atoms with Gasteiger partial charge in [-0.15, -0.1) is 0 Å². The van der Waals surface area contributed by atoms with E-state index < -0.39 is 20.4 Å². The summed E-state index contributed by atoms with van der Waals surface area (Å²) in [7, 11) is 1.50. The summed E-state index contributed by atoms with van der Waals surface area (Å²) < 4.78 is 26.6. The van der Waals surface area contributed by atoms with Crippen LogP contribution < -0.4 is 18.9 Å². The molecule has 0 atom stereocenters. The number of ether oxygens (including phenoxy) is 1. The number of carbonyl (C=O) groups excluding carboxylic acids is 1. The smallest absolute Gasteiger partial charge is 0.466 e. The SMILES string of the molecule is CCOC(=O)C1(CS(=O)(=O)Cl)CCC1.[CH2-]CCC.[Li+]. The van der Waals surface area contributed by atoms with E-state index >= 15 is 0 Å². The van der Waals surface area contributed by atoms with Crippen LogP contribution in [0.15, 0.2) is 0 Å². The molecule has 4 nitrogen and oxygen atoms in total. The second kappa shape index (κ2) is 10.1. The number of unbranched alkanes of at least 4 members (excludes halogenated alkanes) is 1. The van der Waals surface area contributed by atoms with Crippen LogP contribution >= 0.6 is 10.7 Å². The van der Waals surface area contributed by atoms with Crippen LogP contribution in [0.5, 0.6) is 0 Å². The number of carbonyl (C=O) groups is 1. The van der Waals surface area contributed by atoms with Crippen molar-refractivity contribution in [3.63, 3.8) is 0 Å². The summed E-state index contributed by atoms with van der Waals surface area (Å²) in [6, 6.07) is 0. The van der Waals surface area contributed by atoms with E-state index in [4.69, 9.17) is 15.4 Å². The molecule has 0 saturated heterocycles. The van der Waals surface area contributed by atoms with Gasteiger partial charge in [-0.25, -0.2) is 8.42 Å². The normalized spacial score (nSPS) is 16.2. The van der Waals surface area contributed by atoms with Crippen molar-refractivity contribution in [2.75, 3.05) is 12.4 Å². The van der Waals surface area contributed by atoms with Crippen LogP contribution in [-0.4, -0.2) is 26.7 Å². The molecule has 1 rings (SSSR count). The maximum Gasteiger partial charge on any atom is 1.00 e. The average Bonchev–Trinajstić information content (AvgIpc) is 2.23. The maximum absolute atomic E-state index is 11.5. The van der Waals surface area contributed by atoms with Gasteiger partial charge in [-0.2, -0.15) is 6.42 Å². The molecule has 0 unspecified atom stereocenters. The first kappa shape index (κ1) is 21.6. The molecule has 0 heterocycles. The Bertz CT molecular complexity index is 351. The molecular formula is C12H22ClLiO4S. The molecule has 0 aromatic heterocycles. The number of hydrogen-bond acceptors (Lipinski definition) is 4. The minimum atomic E-state index is -3.63. The van der Waals surface area contributed by atoms with Crippen molar-refractivity contribution in [3.8, 4) is 0 Å². The third kappa shape index (κ3) is 8.24. The molecular weight excluding hydrogens is 283 g/mol. The first-order valence-corrected chi connectivity index (χ1v) is 8.68. The Morgan fingerprint density at radius 2 is 1.84 bits per heavy atom. The third-order valence-electron chi connectivity index (χ3n) is 2.82. The van der Waals surface area contributed by atoms with Crippen LogP contribution in [0.4, 0.5) is 0 Å². The molecule has 7 heteroatoms. The Morgan fingerprint density at radius 3 is 2.05 bits per heavy atom. The van der Waals surface area contributed by atoms with Crippen molar-refractivity contribution in [1.82, 2.24) is 0 Å². The van der Waals surface area contributed by atoms with Gasteiger partial charge >= 0.3 is 24.8 Å². The average molecular weight is 305 g/mol. The fourth-order valence-electron chi connectivity index (χ4n) is 1.63. The Morgan fingerprint density at radius 1 is 1.37 bits per heavy atom. The van der Waals surface area contributed by atoms with Gasteiger partial charge < -0.3 is 11.7 Å². The summed E-state index contributed by atoms with van der Waals surface area (Å²) >= 11 is 0. The summed E-state index contributed by atoms with van der Waals surface area (Å²) in [4.78, 5) is 11.5. The minimum absolute atomic E-state index is 0. The van der Waals surface area contributed by atoms with Gasteiger partial charge in [0.1, 0.15) is 0 Å². The van der Waals surface area contributed by atoms with Crippen molar-refractivity contribution >= 4 is 25.7 Å². The summed E-state index contributed by atoms with van der Waals surface area (Å²) in [6.07, 6.45) is 4.24. The number of rotatable bonds is 5. The van der Waals surface area contributed by atoms with E-state index in [-0.39, 0.29) is 31.2 Å². The third-order valence-corrected chi connectivity index (χ3v) is 4.05. The van der Waals surface area contributed by atoms with Crippen molar-refractivity contribution in [2.45, 2.75) is 46.0 Å². The number of esters is 1. The molecule has 0 bridgehead atoms. The molecule has 19 heavy (non-hydrogen) atoms. The topological polar surface area (TPSA) is 60.4 Å². The van der Waals surface area contributed by atoms with Gasteiger partial charge in [0, 0.05) is 10.7 Å². The predicted molar refractivity (Wildman–Crippen MR) is 72.8 cm³/mol. The van der Waals surface area contributed by atoms with E-state index in [1.807, 2.05) is 0 Å². The van der Waals surface area contributed by atoms with Gasteiger partial charge in [0.15, 0.2) is 0 Å². The molecule has 0 amide bonds. The van der Waals surface area contributed by atoms with Gasteiger partial charge in [0.05, 0.1) is 17.8 Å². The van der Waals surface area contributed by atoms with E-state index in [9.17, 15) is 13.2 Å². The Hall–Kier alpha value is 0.307. The first-order chi connectivity index (χ1) is 8.31. The summed E-state index contributed by atoms with van der Waals surface area (Å²) in [5, 5.41) is 0. The molecule has 1 aliphatic carbocycles. The van der Waals surface area contributed by atoms with Crippen LogP contribution in [0.25, 0.3) is 0 Å². The van der Waals surface area contributed by atoms with E-state index in [1.54, 1.807) is 6.92 Å². The van der Waals surface area contributed by atoms with Crippen LogP contribution in [-0.2, 0) is 18.6 Å². The van der Waals surface area contributed by atoms with Crippen LogP contribution in [0.1, 0.15) is 46.0 Å². The number of hydrogen-bond donors (Lipinski definition) is 0. The molecule has 1 fully saturated rings. The molecule has 0 aliphatic heterocycles. The predicted octanol–water partition coefficient (Wildman–Crippen LogP) is -0.0870. The molecule has 0 radical (unpaired) electrons. The Labute approximate surface area is 133 Å². The molecule has 0 aromatic rings. The molecule has 0 aromatic carbocycles. The van der Waals surface area contributed by atoms with E-state index in [2.05, 4.69) is 13.8 Å². The van der Waals surface area contributed by atoms with Crippen LogP contribution in [0, 0.1) is 12.3 Å². The van der Waals surface area contributed by atoms with E-state index in [0.29, 0.717) is 12.8 Å². The summed E-state index contributed by atoms with van der Waals surface area (Å²) in [6.45, 7) is 7.68. The second-order valence-electron chi connectivity index (χ2n) is 4.39. The quantitative estimate of drug-likeness (QED) is 0.308. The minimum Gasteiger partial charge on any atom is -0.466 e. The largest absolute Gasteiger partial charge is 1.00 e. The molecule has 0 spiro atoms. The zero-order chi connectivity index (χ0) is 14.2.